The number of rotatable bonds is 16. The summed E-state index contributed by atoms with van der Waals surface area (Å²) in [6.07, 6.45) is -7.13. The van der Waals surface area contributed by atoms with Gasteiger partial charge >= 0.3 is 24.5 Å². The van der Waals surface area contributed by atoms with Crippen LogP contribution in [0.5, 0.6) is 5.75 Å². The van der Waals surface area contributed by atoms with Crippen LogP contribution in [0.3, 0.4) is 0 Å². The van der Waals surface area contributed by atoms with Crippen LogP contribution in [0.2, 0.25) is 0 Å². The van der Waals surface area contributed by atoms with Crippen LogP contribution in [-0.2, 0) is 34.6 Å². The maximum Gasteiger partial charge on any atom is 0.416 e. The Labute approximate surface area is 319 Å². The van der Waals surface area contributed by atoms with Crippen LogP contribution in [0, 0.1) is 11.8 Å². The highest BCUT2D eigenvalue weighted by Gasteiger charge is 2.38. The van der Waals surface area contributed by atoms with Crippen LogP contribution in [0.1, 0.15) is 86.7 Å². The number of ether oxygens (including phenoxy) is 2. The molecule has 17 heteroatoms. The molecule has 0 N–H and O–H groups in total. The number of hydrogen-bond acceptors (Lipinski definition) is 8. The van der Waals surface area contributed by atoms with E-state index in [2.05, 4.69) is 9.97 Å². The van der Waals surface area contributed by atoms with Crippen molar-refractivity contribution in [3.05, 3.63) is 76.6 Å². The summed E-state index contributed by atoms with van der Waals surface area (Å²) in [5.74, 6) is 0.800. The Morgan fingerprint density at radius 3 is 1.96 bits per heavy atom. The molecule has 55 heavy (non-hydrogen) atoms. The first-order chi connectivity index (χ1) is 25.8. The van der Waals surface area contributed by atoms with Crippen molar-refractivity contribution in [2.45, 2.75) is 84.0 Å². The second kappa shape index (κ2) is 18.8. The molecule has 1 aliphatic rings. The summed E-state index contributed by atoms with van der Waals surface area (Å²) >= 11 is 1.52. The Morgan fingerprint density at radius 1 is 0.855 bits per heavy atom. The van der Waals surface area contributed by atoms with E-state index < -0.39 is 53.4 Å². The number of carbonyl (C=O) groups is 1. The Bertz CT molecular complexity index is 1660. The van der Waals surface area contributed by atoms with Crippen LogP contribution in [0.4, 0.5) is 51.1 Å². The second-order valence-electron chi connectivity index (χ2n) is 13.5. The standard InChI is InChI=1S/C38H45F9N4O3S/c1-5-50(22-26-9-7-25(8-10-26)15-34(52)53-6-2)33-12-11-29(36(39,40)41)18-28(33)23-51(35-48-20-32(21-49-35)54-13-14-55-4)24(3)27-16-30(37(42,43)44)19-31(17-27)38(45,46)47/h11-12,16-21,24-26H,5-10,13-15,22-23H2,1-4H3/t24?,25-,26-. The SMILES string of the molecule is CCOC(=O)C[C@H]1CC[C@H](CN(CC)c2ccc(C(F)(F)F)cc2CN(c2ncc(OCCSC)cn2)C(C)c2cc(C(F)(F)F)cc(C(F)(F)F)c2)CC1. The lowest BCUT2D eigenvalue weighted by Crippen LogP contribution is -2.34. The fourth-order valence-corrected chi connectivity index (χ4v) is 6.97. The van der Waals surface area contributed by atoms with Gasteiger partial charge in [0.15, 0.2) is 5.75 Å². The van der Waals surface area contributed by atoms with E-state index in [1.807, 2.05) is 18.1 Å². The molecule has 1 unspecified atom stereocenters. The lowest BCUT2D eigenvalue weighted by molar-refractivity contribution is -0.145. The molecule has 0 bridgehead atoms. The number of anilines is 2. The van der Waals surface area contributed by atoms with Gasteiger partial charge in [0.05, 0.1) is 48.3 Å². The van der Waals surface area contributed by atoms with E-state index in [0.717, 1.165) is 37.8 Å². The number of thioether (sulfide) groups is 1. The molecule has 1 fully saturated rings. The fraction of sp³-hybridized carbons (Fsp3) is 0.553. The molecule has 0 amide bonds. The van der Waals surface area contributed by atoms with Gasteiger partial charge < -0.3 is 19.3 Å². The first kappa shape index (κ1) is 43.8. The molecule has 4 rings (SSSR count). The van der Waals surface area contributed by atoms with E-state index in [1.165, 1.54) is 42.0 Å². The van der Waals surface area contributed by atoms with Crippen LogP contribution < -0.4 is 14.5 Å². The number of alkyl halides is 9. The minimum atomic E-state index is -5.12. The maximum atomic E-state index is 14.2. The van der Waals surface area contributed by atoms with Gasteiger partial charge in [-0.25, -0.2) is 9.97 Å². The van der Waals surface area contributed by atoms with Gasteiger partial charge in [-0.15, -0.1) is 0 Å². The van der Waals surface area contributed by atoms with Crippen molar-refractivity contribution in [2.24, 2.45) is 11.8 Å². The smallest absolute Gasteiger partial charge is 0.416 e. The molecule has 0 spiro atoms. The van der Waals surface area contributed by atoms with Gasteiger partial charge in [-0.05, 0) is 112 Å². The predicted octanol–water partition coefficient (Wildman–Crippen LogP) is 10.6. The highest BCUT2D eigenvalue weighted by molar-refractivity contribution is 7.98. The Kier molecular flexibility index (Phi) is 15.0. The van der Waals surface area contributed by atoms with Gasteiger partial charge in [0.1, 0.15) is 0 Å². The minimum Gasteiger partial charge on any atom is -0.489 e. The average Bonchev–Trinajstić information content (AvgIpc) is 3.12. The largest absolute Gasteiger partial charge is 0.489 e. The molecule has 1 aromatic heterocycles. The summed E-state index contributed by atoms with van der Waals surface area (Å²) in [6, 6.07) is 3.15. The van der Waals surface area contributed by atoms with Crippen LogP contribution in [0.15, 0.2) is 48.8 Å². The number of aromatic nitrogens is 2. The van der Waals surface area contributed by atoms with Gasteiger partial charge in [-0.1, -0.05) is 0 Å². The Hall–Kier alpha value is -3.89. The third-order valence-corrected chi connectivity index (χ3v) is 10.2. The number of benzene rings is 2. The number of halogens is 9. The molecular formula is C38H45F9N4O3S. The third-order valence-electron chi connectivity index (χ3n) is 9.66. The van der Waals surface area contributed by atoms with Crippen molar-refractivity contribution in [2.75, 3.05) is 48.1 Å². The van der Waals surface area contributed by atoms with Crippen molar-refractivity contribution in [3.63, 3.8) is 0 Å². The minimum absolute atomic E-state index is 0.0200. The molecule has 0 radical (unpaired) electrons. The van der Waals surface area contributed by atoms with E-state index in [9.17, 15) is 44.3 Å². The first-order valence-electron chi connectivity index (χ1n) is 17.9. The highest BCUT2D eigenvalue weighted by Crippen LogP contribution is 2.41. The quantitative estimate of drug-likeness (QED) is 0.0805. The molecular weight excluding hydrogens is 763 g/mol. The molecule has 0 saturated heterocycles. The zero-order valence-corrected chi connectivity index (χ0v) is 31.8. The monoisotopic (exact) mass is 808 g/mol. The molecule has 1 saturated carbocycles. The zero-order chi connectivity index (χ0) is 40.6. The van der Waals surface area contributed by atoms with Crippen LogP contribution in [0.25, 0.3) is 0 Å². The highest BCUT2D eigenvalue weighted by atomic mass is 32.2. The molecule has 7 nitrogen and oxygen atoms in total. The maximum absolute atomic E-state index is 14.2. The van der Waals surface area contributed by atoms with E-state index >= 15 is 0 Å². The zero-order valence-electron chi connectivity index (χ0n) is 31.0. The molecule has 0 aliphatic heterocycles. The fourth-order valence-electron chi connectivity index (χ4n) is 6.72. The molecule has 2 aromatic carbocycles. The number of hydrogen-bond donors (Lipinski definition) is 0. The summed E-state index contributed by atoms with van der Waals surface area (Å²) < 4.78 is 137. The van der Waals surface area contributed by atoms with Crippen molar-refractivity contribution in [1.82, 2.24) is 9.97 Å². The number of nitrogens with zero attached hydrogens (tertiary/aromatic N) is 4. The number of carbonyl (C=O) groups excluding carboxylic acids is 1. The summed E-state index contributed by atoms with van der Waals surface area (Å²) in [5.41, 5.74) is -3.91. The van der Waals surface area contributed by atoms with E-state index in [4.69, 9.17) is 9.47 Å². The van der Waals surface area contributed by atoms with E-state index in [1.54, 1.807) is 6.92 Å². The van der Waals surface area contributed by atoms with Gasteiger partial charge in [0, 0.05) is 37.5 Å². The topological polar surface area (TPSA) is 67.8 Å². The van der Waals surface area contributed by atoms with Gasteiger partial charge in [-0.2, -0.15) is 51.3 Å². The Morgan fingerprint density at radius 2 is 1.44 bits per heavy atom. The molecule has 1 aliphatic carbocycles. The third kappa shape index (κ3) is 12.3. The Balaban J connectivity index is 1.76. The van der Waals surface area contributed by atoms with Crippen molar-refractivity contribution < 1.29 is 53.8 Å². The summed E-state index contributed by atoms with van der Waals surface area (Å²) in [6.45, 7) is 5.98. The van der Waals surface area contributed by atoms with Crippen LogP contribution in [-0.4, -0.2) is 54.2 Å². The van der Waals surface area contributed by atoms with Gasteiger partial charge in [0.2, 0.25) is 5.95 Å². The lowest BCUT2D eigenvalue weighted by atomic mass is 9.80. The summed E-state index contributed by atoms with van der Waals surface area (Å²) in [5, 5.41) is 0. The molecule has 1 atom stereocenters. The van der Waals surface area contributed by atoms with Gasteiger partial charge in [0.25, 0.3) is 0 Å². The predicted molar refractivity (Wildman–Crippen MR) is 193 cm³/mol. The molecule has 3 aromatic rings. The molecule has 304 valence electrons. The van der Waals surface area contributed by atoms with Crippen LogP contribution >= 0.6 is 11.8 Å². The first-order valence-corrected chi connectivity index (χ1v) is 19.3. The lowest BCUT2D eigenvalue weighted by Gasteiger charge is -2.36. The summed E-state index contributed by atoms with van der Waals surface area (Å²) in [4.78, 5) is 23.9. The molecule has 1 heterocycles. The van der Waals surface area contributed by atoms with Crippen molar-refractivity contribution in [3.8, 4) is 5.75 Å². The van der Waals surface area contributed by atoms with E-state index in [-0.39, 0.29) is 41.1 Å². The second-order valence-corrected chi connectivity index (χ2v) is 14.5. The average molecular weight is 809 g/mol. The van der Waals surface area contributed by atoms with Gasteiger partial charge in [-0.3, -0.25) is 4.79 Å². The number of esters is 1. The normalized spacial score (nSPS) is 17.1. The van der Waals surface area contributed by atoms with Crippen molar-refractivity contribution >= 4 is 29.4 Å². The van der Waals surface area contributed by atoms with E-state index in [0.29, 0.717) is 56.3 Å². The van der Waals surface area contributed by atoms with Crippen molar-refractivity contribution in [1.29, 1.82) is 0 Å². The summed E-state index contributed by atoms with van der Waals surface area (Å²) in [7, 11) is 0.